The number of nitrogens with zero attached hydrogens (tertiary/aromatic N) is 1. The molecule has 0 aliphatic carbocycles. The second kappa shape index (κ2) is 9.74. The summed E-state index contributed by atoms with van der Waals surface area (Å²) in [6, 6.07) is 11.1. The quantitative estimate of drug-likeness (QED) is 0.515. The van der Waals surface area contributed by atoms with Gasteiger partial charge in [0.1, 0.15) is 23.9 Å². The van der Waals surface area contributed by atoms with Crippen molar-refractivity contribution in [3.63, 3.8) is 0 Å². The third kappa shape index (κ3) is 5.58. The summed E-state index contributed by atoms with van der Waals surface area (Å²) in [6.07, 6.45) is 0. The minimum Gasteiger partial charge on any atom is -0.493 e. The maximum atomic E-state index is 12.8. The molecule has 0 radical (unpaired) electrons. The number of thiazole rings is 1. The van der Waals surface area contributed by atoms with E-state index >= 15 is 0 Å². The molecule has 2 aromatic carbocycles. The van der Waals surface area contributed by atoms with Gasteiger partial charge in [0.05, 0.1) is 20.8 Å². The third-order valence-electron chi connectivity index (χ3n) is 3.84. The summed E-state index contributed by atoms with van der Waals surface area (Å²) in [7, 11) is 3.13. The highest BCUT2D eigenvalue weighted by atomic mass is 32.1. The summed E-state index contributed by atoms with van der Waals surface area (Å²) < 4.78 is 28.8. The fourth-order valence-electron chi connectivity index (χ4n) is 2.43. The molecule has 0 aliphatic rings. The van der Waals surface area contributed by atoms with Crippen LogP contribution in [0.1, 0.15) is 10.5 Å². The lowest BCUT2D eigenvalue weighted by Gasteiger charge is -2.09. The van der Waals surface area contributed by atoms with Crippen LogP contribution >= 0.6 is 11.3 Å². The lowest BCUT2D eigenvalue weighted by Crippen LogP contribution is -2.28. The molecule has 7 nitrogen and oxygen atoms in total. The van der Waals surface area contributed by atoms with Crippen LogP contribution in [0.4, 0.5) is 15.2 Å². The molecule has 1 aromatic heterocycles. The Labute approximate surface area is 171 Å². The number of halogens is 1. The number of methoxy groups -OCH3 is 2. The van der Waals surface area contributed by atoms with Crippen molar-refractivity contribution >= 4 is 28.1 Å². The minimum atomic E-state index is -0.327. The number of amides is 1. The van der Waals surface area contributed by atoms with Crippen molar-refractivity contribution in [2.75, 3.05) is 32.7 Å². The van der Waals surface area contributed by atoms with Crippen molar-refractivity contribution in [1.29, 1.82) is 0 Å². The largest absolute Gasteiger partial charge is 0.493 e. The van der Waals surface area contributed by atoms with Crippen molar-refractivity contribution < 1.29 is 23.4 Å². The zero-order chi connectivity index (χ0) is 20.6. The van der Waals surface area contributed by atoms with E-state index in [0.717, 1.165) is 5.69 Å². The van der Waals surface area contributed by atoms with E-state index in [1.807, 2.05) is 6.07 Å². The molecule has 1 heterocycles. The van der Waals surface area contributed by atoms with E-state index in [1.54, 1.807) is 31.7 Å². The Kier molecular flexibility index (Phi) is 6.85. The maximum absolute atomic E-state index is 12.8. The van der Waals surface area contributed by atoms with E-state index in [0.29, 0.717) is 34.6 Å². The topological polar surface area (TPSA) is 81.7 Å². The van der Waals surface area contributed by atoms with Gasteiger partial charge in [-0.15, -0.1) is 11.3 Å². The Morgan fingerprint density at radius 2 is 1.86 bits per heavy atom. The zero-order valence-corrected chi connectivity index (χ0v) is 16.7. The summed E-state index contributed by atoms with van der Waals surface area (Å²) in [5.74, 6) is 1.13. The third-order valence-corrected chi connectivity index (χ3v) is 4.60. The van der Waals surface area contributed by atoms with Crippen molar-refractivity contribution in [1.82, 2.24) is 10.3 Å². The van der Waals surface area contributed by atoms with Crippen LogP contribution in [0.5, 0.6) is 17.2 Å². The van der Waals surface area contributed by atoms with Gasteiger partial charge in [-0.2, -0.15) is 0 Å². The van der Waals surface area contributed by atoms with Crippen LogP contribution in [-0.2, 0) is 0 Å². The molecule has 9 heteroatoms. The van der Waals surface area contributed by atoms with Crippen LogP contribution in [0.25, 0.3) is 0 Å². The Hall–Kier alpha value is -3.33. The van der Waals surface area contributed by atoms with E-state index in [4.69, 9.17) is 14.2 Å². The number of hydrogen-bond donors (Lipinski definition) is 2. The van der Waals surface area contributed by atoms with Gasteiger partial charge in [-0.3, -0.25) is 4.79 Å². The lowest BCUT2D eigenvalue weighted by atomic mass is 10.3. The summed E-state index contributed by atoms with van der Waals surface area (Å²) in [4.78, 5) is 16.5. The summed E-state index contributed by atoms with van der Waals surface area (Å²) in [5.41, 5.74) is 1.07. The Morgan fingerprint density at radius 3 is 2.59 bits per heavy atom. The molecule has 0 aliphatic heterocycles. The molecule has 0 spiro atoms. The van der Waals surface area contributed by atoms with Gasteiger partial charge >= 0.3 is 0 Å². The van der Waals surface area contributed by atoms with Crippen molar-refractivity contribution in [3.05, 3.63) is 59.4 Å². The Balaban J connectivity index is 1.50. The van der Waals surface area contributed by atoms with Crippen LogP contribution in [0.3, 0.4) is 0 Å². The Bertz CT molecular complexity index is 963. The predicted molar refractivity (Wildman–Crippen MR) is 109 cm³/mol. The number of hydrogen-bond acceptors (Lipinski definition) is 7. The van der Waals surface area contributed by atoms with Crippen LogP contribution in [0.15, 0.2) is 47.8 Å². The van der Waals surface area contributed by atoms with Gasteiger partial charge < -0.3 is 24.8 Å². The monoisotopic (exact) mass is 417 g/mol. The van der Waals surface area contributed by atoms with E-state index in [-0.39, 0.29) is 18.3 Å². The van der Waals surface area contributed by atoms with E-state index < -0.39 is 0 Å². The number of rotatable bonds is 9. The van der Waals surface area contributed by atoms with Crippen molar-refractivity contribution in [2.45, 2.75) is 0 Å². The van der Waals surface area contributed by atoms with Gasteiger partial charge in [-0.1, -0.05) is 0 Å². The van der Waals surface area contributed by atoms with Crippen molar-refractivity contribution in [3.8, 4) is 17.2 Å². The molecule has 0 atom stereocenters. The molecule has 1 amide bonds. The SMILES string of the molecule is COc1ccc(Nc2nc(C(=O)NCCOc3ccc(F)cc3)cs2)cc1OC. The molecule has 0 bridgehead atoms. The highest BCUT2D eigenvalue weighted by Gasteiger charge is 2.11. The summed E-state index contributed by atoms with van der Waals surface area (Å²) >= 11 is 1.31. The van der Waals surface area contributed by atoms with Crippen LogP contribution in [0.2, 0.25) is 0 Å². The fourth-order valence-corrected chi connectivity index (χ4v) is 3.14. The highest BCUT2D eigenvalue weighted by Crippen LogP contribution is 2.31. The normalized spacial score (nSPS) is 10.3. The molecule has 0 unspecified atom stereocenters. The number of aromatic nitrogens is 1. The number of ether oxygens (including phenoxy) is 3. The molecule has 3 aromatic rings. The van der Waals surface area contributed by atoms with Gasteiger partial charge in [0.25, 0.3) is 5.91 Å². The first kappa shape index (κ1) is 20.4. The molecule has 0 fully saturated rings. The smallest absolute Gasteiger partial charge is 0.270 e. The predicted octanol–water partition coefficient (Wildman–Crippen LogP) is 3.85. The summed E-state index contributed by atoms with van der Waals surface area (Å²) in [5, 5.41) is 8.11. The first-order valence-corrected chi connectivity index (χ1v) is 9.58. The molecule has 0 saturated carbocycles. The molecular weight excluding hydrogens is 397 g/mol. The minimum absolute atomic E-state index is 0.262. The van der Waals surface area contributed by atoms with Gasteiger partial charge in [-0.05, 0) is 36.4 Å². The number of carbonyl (C=O) groups excluding carboxylic acids is 1. The van der Waals surface area contributed by atoms with E-state index in [1.165, 1.54) is 35.6 Å². The van der Waals surface area contributed by atoms with E-state index in [2.05, 4.69) is 15.6 Å². The van der Waals surface area contributed by atoms with Crippen LogP contribution < -0.4 is 24.8 Å². The number of carbonyl (C=O) groups is 1. The lowest BCUT2D eigenvalue weighted by molar-refractivity contribution is 0.0943. The van der Waals surface area contributed by atoms with Gasteiger partial charge in [0.2, 0.25) is 0 Å². The molecule has 29 heavy (non-hydrogen) atoms. The van der Waals surface area contributed by atoms with Gasteiger partial charge in [0.15, 0.2) is 16.6 Å². The van der Waals surface area contributed by atoms with Gasteiger partial charge in [0, 0.05) is 17.1 Å². The average Bonchev–Trinajstić information content (AvgIpc) is 3.20. The highest BCUT2D eigenvalue weighted by molar-refractivity contribution is 7.14. The number of benzene rings is 2. The van der Waals surface area contributed by atoms with Crippen LogP contribution in [-0.4, -0.2) is 38.3 Å². The average molecular weight is 417 g/mol. The van der Waals surface area contributed by atoms with Crippen molar-refractivity contribution in [2.24, 2.45) is 0 Å². The summed E-state index contributed by atoms with van der Waals surface area (Å²) in [6.45, 7) is 0.560. The first-order valence-electron chi connectivity index (χ1n) is 8.70. The number of nitrogens with one attached hydrogen (secondary N) is 2. The molecule has 0 saturated heterocycles. The van der Waals surface area contributed by atoms with Gasteiger partial charge in [-0.25, -0.2) is 9.37 Å². The Morgan fingerprint density at radius 1 is 1.10 bits per heavy atom. The second-order valence-electron chi connectivity index (χ2n) is 5.79. The maximum Gasteiger partial charge on any atom is 0.270 e. The standard InChI is InChI=1S/C20H20FN3O4S/c1-26-17-8-5-14(11-18(17)27-2)23-20-24-16(12-29-20)19(25)22-9-10-28-15-6-3-13(21)4-7-15/h3-8,11-12H,9-10H2,1-2H3,(H,22,25)(H,23,24). The zero-order valence-electron chi connectivity index (χ0n) is 15.9. The van der Waals surface area contributed by atoms with E-state index in [9.17, 15) is 9.18 Å². The number of anilines is 2. The molecule has 152 valence electrons. The molecule has 2 N–H and O–H groups in total. The first-order chi connectivity index (χ1) is 14.1. The van der Waals surface area contributed by atoms with Crippen LogP contribution in [0, 0.1) is 5.82 Å². The second-order valence-corrected chi connectivity index (χ2v) is 6.65. The molecule has 3 rings (SSSR count). The fraction of sp³-hybridized carbons (Fsp3) is 0.200. The molecular formula is C20H20FN3O4S.